The molecule has 0 spiro atoms. The Morgan fingerprint density at radius 1 is 1.20 bits per heavy atom. The summed E-state index contributed by atoms with van der Waals surface area (Å²) in [5.74, 6) is 0. The molecular formula is C13H12N3O3P. The first-order chi connectivity index (χ1) is 9.65. The first kappa shape index (κ1) is 13.0. The molecule has 0 unspecified atom stereocenters. The Bertz CT molecular complexity index is 792. The van der Waals surface area contributed by atoms with Crippen LogP contribution in [0.2, 0.25) is 0 Å². The van der Waals surface area contributed by atoms with Gasteiger partial charge in [-0.15, -0.1) is 0 Å². The molecule has 3 N–H and O–H groups in total. The zero-order valence-electron chi connectivity index (χ0n) is 10.4. The average molecular weight is 289 g/mol. The van der Waals surface area contributed by atoms with Gasteiger partial charge < -0.3 is 14.8 Å². The van der Waals surface area contributed by atoms with Gasteiger partial charge >= 0.3 is 0 Å². The maximum absolute atomic E-state index is 11.6. The van der Waals surface area contributed by atoms with Crippen LogP contribution in [-0.4, -0.2) is 24.6 Å². The third-order valence-corrected chi connectivity index (χ3v) is 3.84. The monoisotopic (exact) mass is 289 g/mol. The number of aromatic amines is 1. The third kappa shape index (κ3) is 2.36. The number of H-pyrrole nitrogens is 1. The second-order valence-corrected chi connectivity index (χ2v) is 5.46. The van der Waals surface area contributed by atoms with E-state index in [-0.39, 0.29) is 5.56 Å². The van der Waals surface area contributed by atoms with Crippen LogP contribution in [0, 0.1) is 0 Å². The number of benzene rings is 1. The van der Waals surface area contributed by atoms with Crippen molar-refractivity contribution in [3.63, 3.8) is 0 Å². The standard InChI is InChI=1S/C13H12N3O3P/c17-13-11-7-15-16(12(11)5-6-14-13)8-9-1-3-10(4-2-9)20(18)19/h1-7,18-19H,8H2,(H,14,17). The first-order valence-corrected chi connectivity index (χ1v) is 7.20. The fourth-order valence-electron chi connectivity index (χ4n) is 2.05. The van der Waals surface area contributed by atoms with Crippen LogP contribution in [0.5, 0.6) is 0 Å². The average Bonchev–Trinajstić information content (AvgIpc) is 2.84. The zero-order valence-corrected chi connectivity index (χ0v) is 11.3. The minimum Gasteiger partial charge on any atom is -0.347 e. The van der Waals surface area contributed by atoms with Gasteiger partial charge in [-0.2, -0.15) is 5.10 Å². The van der Waals surface area contributed by atoms with Crippen molar-refractivity contribution in [3.8, 4) is 0 Å². The van der Waals surface area contributed by atoms with Gasteiger partial charge in [-0.3, -0.25) is 9.48 Å². The highest BCUT2D eigenvalue weighted by molar-refractivity contribution is 7.54. The van der Waals surface area contributed by atoms with E-state index < -0.39 is 8.38 Å². The molecule has 6 nitrogen and oxygen atoms in total. The van der Waals surface area contributed by atoms with Crippen LogP contribution in [0.3, 0.4) is 0 Å². The van der Waals surface area contributed by atoms with Crippen LogP contribution in [0.25, 0.3) is 10.9 Å². The number of hydrogen-bond acceptors (Lipinski definition) is 4. The Balaban J connectivity index is 1.93. The van der Waals surface area contributed by atoms with Crippen molar-refractivity contribution in [1.29, 1.82) is 0 Å². The lowest BCUT2D eigenvalue weighted by atomic mass is 10.2. The highest BCUT2D eigenvalue weighted by Gasteiger charge is 2.07. The molecular weight excluding hydrogens is 277 g/mol. The van der Waals surface area contributed by atoms with Crippen molar-refractivity contribution in [3.05, 3.63) is 58.6 Å². The van der Waals surface area contributed by atoms with Crippen molar-refractivity contribution in [2.24, 2.45) is 0 Å². The Kier molecular flexibility index (Phi) is 3.36. The minimum atomic E-state index is -2.06. The van der Waals surface area contributed by atoms with Gasteiger partial charge in [-0.1, -0.05) is 12.1 Å². The van der Waals surface area contributed by atoms with E-state index in [4.69, 9.17) is 9.79 Å². The molecule has 7 heteroatoms. The molecule has 0 aliphatic rings. The third-order valence-electron chi connectivity index (χ3n) is 3.08. The van der Waals surface area contributed by atoms with Crippen LogP contribution < -0.4 is 10.9 Å². The van der Waals surface area contributed by atoms with E-state index in [1.54, 1.807) is 35.3 Å². The number of fused-ring (bicyclic) bond motifs is 1. The predicted octanol–water partition coefficient (Wildman–Crippen LogP) is 0.695. The minimum absolute atomic E-state index is 0.157. The number of aromatic nitrogens is 3. The van der Waals surface area contributed by atoms with Gasteiger partial charge in [-0.05, 0) is 23.8 Å². The number of nitrogens with one attached hydrogen (secondary N) is 1. The molecule has 102 valence electrons. The Morgan fingerprint density at radius 3 is 2.65 bits per heavy atom. The number of rotatable bonds is 3. The van der Waals surface area contributed by atoms with Crippen molar-refractivity contribution in [2.45, 2.75) is 6.54 Å². The normalized spacial score (nSPS) is 11.3. The van der Waals surface area contributed by atoms with Gasteiger partial charge in [0.15, 0.2) is 8.38 Å². The Labute approximate surface area is 115 Å². The van der Waals surface area contributed by atoms with Crippen molar-refractivity contribution in [1.82, 2.24) is 14.8 Å². The zero-order chi connectivity index (χ0) is 14.1. The smallest absolute Gasteiger partial charge is 0.259 e. The second-order valence-electron chi connectivity index (χ2n) is 4.36. The van der Waals surface area contributed by atoms with Gasteiger partial charge in [0.25, 0.3) is 5.56 Å². The van der Waals surface area contributed by atoms with Gasteiger partial charge in [-0.25, -0.2) is 0 Å². The lowest BCUT2D eigenvalue weighted by molar-refractivity contribution is 0.497. The Morgan fingerprint density at radius 2 is 1.95 bits per heavy atom. The fourth-order valence-corrected chi connectivity index (χ4v) is 2.47. The molecule has 0 aliphatic carbocycles. The van der Waals surface area contributed by atoms with Crippen LogP contribution in [0.1, 0.15) is 5.56 Å². The van der Waals surface area contributed by atoms with E-state index in [1.165, 1.54) is 0 Å². The molecule has 3 aromatic rings. The van der Waals surface area contributed by atoms with Gasteiger partial charge in [0.1, 0.15) is 0 Å². The van der Waals surface area contributed by atoms with E-state index in [0.29, 0.717) is 17.2 Å². The van der Waals surface area contributed by atoms with Gasteiger partial charge in [0, 0.05) is 11.5 Å². The lowest BCUT2D eigenvalue weighted by Crippen LogP contribution is -2.06. The molecule has 3 rings (SSSR count). The van der Waals surface area contributed by atoms with Crippen molar-refractivity contribution >= 4 is 24.6 Å². The molecule has 0 atom stereocenters. The molecule has 0 aliphatic heterocycles. The first-order valence-electron chi connectivity index (χ1n) is 5.95. The summed E-state index contributed by atoms with van der Waals surface area (Å²) < 4.78 is 1.74. The molecule has 0 fully saturated rings. The van der Waals surface area contributed by atoms with Crippen LogP contribution in [0.4, 0.5) is 0 Å². The van der Waals surface area contributed by atoms with E-state index in [1.807, 2.05) is 12.1 Å². The molecule has 0 amide bonds. The van der Waals surface area contributed by atoms with Crippen molar-refractivity contribution < 1.29 is 9.79 Å². The molecule has 0 radical (unpaired) electrons. The topological polar surface area (TPSA) is 91.1 Å². The van der Waals surface area contributed by atoms with Crippen LogP contribution in [0.15, 0.2) is 47.5 Å². The summed E-state index contributed by atoms with van der Waals surface area (Å²) in [7, 11) is -2.06. The second kappa shape index (κ2) is 5.17. The van der Waals surface area contributed by atoms with Crippen LogP contribution >= 0.6 is 8.38 Å². The summed E-state index contributed by atoms with van der Waals surface area (Å²) in [6, 6.07) is 8.80. The highest BCUT2D eigenvalue weighted by atomic mass is 31.2. The predicted molar refractivity (Wildman–Crippen MR) is 76.9 cm³/mol. The fraction of sp³-hybridized carbons (Fsp3) is 0.0769. The highest BCUT2D eigenvalue weighted by Crippen LogP contribution is 2.21. The molecule has 0 bridgehead atoms. The SMILES string of the molecule is O=c1[nH]ccc2c1cnn2Cc1ccc(P(O)O)cc1. The lowest BCUT2D eigenvalue weighted by Gasteiger charge is -2.06. The summed E-state index contributed by atoms with van der Waals surface area (Å²) in [5, 5.41) is 5.27. The van der Waals surface area contributed by atoms with Gasteiger partial charge in [0.2, 0.25) is 0 Å². The van der Waals surface area contributed by atoms with E-state index in [9.17, 15) is 4.79 Å². The molecule has 2 heterocycles. The summed E-state index contributed by atoms with van der Waals surface area (Å²) in [5.41, 5.74) is 1.58. The summed E-state index contributed by atoms with van der Waals surface area (Å²) >= 11 is 0. The van der Waals surface area contributed by atoms with E-state index in [0.717, 1.165) is 11.1 Å². The Hall–Kier alpha value is -2.01. The molecule has 1 aromatic carbocycles. The summed E-state index contributed by atoms with van der Waals surface area (Å²) in [6.07, 6.45) is 3.14. The maximum Gasteiger partial charge on any atom is 0.259 e. The summed E-state index contributed by atoms with van der Waals surface area (Å²) in [6.45, 7) is 0.516. The summed E-state index contributed by atoms with van der Waals surface area (Å²) in [4.78, 5) is 32.4. The number of nitrogens with zero attached hydrogens (tertiary/aromatic N) is 2. The molecule has 0 saturated heterocycles. The number of hydrogen-bond donors (Lipinski definition) is 3. The van der Waals surface area contributed by atoms with E-state index in [2.05, 4.69) is 10.1 Å². The quantitative estimate of drug-likeness (QED) is 0.619. The van der Waals surface area contributed by atoms with E-state index >= 15 is 0 Å². The maximum atomic E-state index is 11.6. The van der Waals surface area contributed by atoms with Crippen molar-refractivity contribution in [2.75, 3.05) is 0 Å². The molecule has 2 aromatic heterocycles. The molecule has 20 heavy (non-hydrogen) atoms. The largest absolute Gasteiger partial charge is 0.347 e. The molecule has 0 saturated carbocycles. The van der Waals surface area contributed by atoms with Gasteiger partial charge in [0.05, 0.1) is 23.6 Å². The number of pyridine rings is 1. The van der Waals surface area contributed by atoms with Crippen LogP contribution in [-0.2, 0) is 6.54 Å².